The van der Waals surface area contributed by atoms with Crippen LogP contribution in [0.4, 0.5) is 5.69 Å². The molecule has 166 valence electrons. The number of halogens is 2. The Balaban J connectivity index is 1.82. The summed E-state index contributed by atoms with van der Waals surface area (Å²) in [6.45, 7) is 2.22. The van der Waals surface area contributed by atoms with Crippen LogP contribution in [-0.4, -0.2) is 28.6 Å². The molecule has 0 spiro atoms. The van der Waals surface area contributed by atoms with Gasteiger partial charge in [0.25, 0.3) is 11.5 Å². The first-order chi connectivity index (χ1) is 15.3. The summed E-state index contributed by atoms with van der Waals surface area (Å²) in [6.07, 6.45) is 4.98. The molecular weight excluding hydrogens is 453 g/mol. The van der Waals surface area contributed by atoms with Crippen LogP contribution in [0, 0.1) is 0 Å². The van der Waals surface area contributed by atoms with Crippen LogP contribution in [0.25, 0.3) is 0 Å². The van der Waals surface area contributed by atoms with Crippen molar-refractivity contribution in [3.8, 4) is 0 Å². The summed E-state index contributed by atoms with van der Waals surface area (Å²) in [5, 5.41) is 16.5. The van der Waals surface area contributed by atoms with Gasteiger partial charge in [0.1, 0.15) is 5.02 Å². The van der Waals surface area contributed by atoms with Crippen molar-refractivity contribution in [3.63, 3.8) is 0 Å². The predicted molar refractivity (Wildman–Crippen MR) is 124 cm³/mol. The second-order valence-electron chi connectivity index (χ2n) is 7.44. The lowest BCUT2D eigenvalue weighted by Gasteiger charge is -2.26. The van der Waals surface area contributed by atoms with E-state index in [9.17, 15) is 14.7 Å². The normalized spacial score (nSPS) is 22.2. The van der Waals surface area contributed by atoms with E-state index in [1.54, 1.807) is 37.3 Å². The number of hydrogen-bond donors (Lipinski definition) is 5. The number of aromatic nitrogens is 1. The molecule has 32 heavy (non-hydrogen) atoms. The Hall–Kier alpha value is -3.20. The number of aliphatic hydroxyl groups excluding tert-OH is 1. The fourth-order valence-corrected chi connectivity index (χ4v) is 4.18. The Morgan fingerprint density at radius 3 is 2.62 bits per heavy atom. The molecule has 3 heterocycles. The quantitative estimate of drug-likeness (QED) is 0.435. The highest BCUT2D eigenvalue weighted by Crippen LogP contribution is 2.40. The average Bonchev–Trinajstić information content (AvgIpc) is 3.02. The molecule has 0 saturated carbocycles. The molecule has 2 aliphatic heterocycles. The summed E-state index contributed by atoms with van der Waals surface area (Å²) in [6, 6.07) is 7.19. The number of pyridine rings is 1. The van der Waals surface area contributed by atoms with Crippen molar-refractivity contribution < 1.29 is 9.90 Å². The highest BCUT2D eigenvalue weighted by atomic mass is 35.5. The van der Waals surface area contributed by atoms with Crippen LogP contribution in [0.1, 0.15) is 18.5 Å². The van der Waals surface area contributed by atoms with E-state index in [-0.39, 0.29) is 16.8 Å². The van der Waals surface area contributed by atoms with Gasteiger partial charge < -0.3 is 26.5 Å². The number of carbonyl (C=O) groups is 1. The zero-order valence-corrected chi connectivity index (χ0v) is 18.5. The molecule has 1 fully saturated rings. The number of aliphatic hydroxyl groups is 1. The van der Waals surface area contributed by atoms with E-state index in [4.69, 9.17) is 28.9 Å². The molecule has 2 unspecified atom stereocenters. The van der Waals surface area contributed by atoms with Crippen LogP contribution in [0.3, 0.4) is 0 Å². The van der Waals surface area contributed by atoms with Crippen LogP contribution >= 0.6 is 23.2 Å². The molecule has 1 aromatic carbocycles. The topological polar surface area (TPSA) is 123 Å². The molecule has 4 rings (SSSR count). The standard InChI is InChI=1S/C22H21Cl2N5O3/c1-11(28-16-3-2-8-26-21(16)31)17-18(25)19(12-4-6-13(23)7-5-12)29(22(17)32)14-9-15(24)20(30)27-10-14/h2-7,9-10,18-19,26,28,31H,8,25H2,1H3,(H,27,30)/b17-11+. The maximum atomic E-state index is 13.6. The van der Waals surface area contributed by atoms with Crippen LogP contribution in [0.15, 0.2) is 76.3 Å². The third kappa shape index (κ3) is 4.00. The van der Waals surface area contributed by atoms with E-state index in [0.717, 1.165) is 5.56 Å². The predicted octanol–water partition coefficient (Wildman–Crippen LogP) is 2.85. The van der Waals surface area contributed by atoms with E-state index in [0.29, 0.717) is 34.2 Å². The van der Waals surface area contributed by atoms with Gasteiger partial charge in [-0.2, -0.15) is 0 Å². The molecule has 2 aliphatic rings. The van der Waals surface area contributed by atoms with Crippen LogP contribution in [-0.2, 0) is 4.79 Å². The van der Waals surface area contributed by atoms with E-state index in [1.165, 1.54) is 17.2 Å². The van der Waals surface area contributed by atoms with Crippen molar-refractivity contribution >= 4 is 34.8 Å². The number of nitrogens with one attached hydrogen (secondary N) is 3. The first-order valence-electron chi connectivity index (χ1n) is 9.82. The molecule has 1 saturated heterocycles. The van der Waals surface area contributed by atoms with Crippen molar-refractivity contribution in [2.45, 2.75) is 19.0 Å². The fourth-order valence-electron chi connectivity index (χ4n) is 3.88. The second-order valence-corrected chi connectivity index (χ2v) is 8.29. The summed E-state index contributed by atoms with van der Waals surface area (Å²) in [5.41, 5.74) is 8.58. The van der Waals surface area contributed by atoms with Gasteiger partial charge in [0.2, 0.25) is 5.88 Å². The third-order valence-corrected chi connectivity index (χ3v) is 5.92. The maximum Gasteiger partial charge on any atom is 0.266 e. The van der Waals surface area contributed by atoms with Crippen molar-refractivity contribution in [2.75, 3.05) is 11.4 Å². The SMILES string of the molecule is C/C(NC1=C(O)NCC=C1)=C1\C(=O)N(c2c[nH]c(=O)c(Cl)c2)C(c2ccc(Cl)cc2)C1N. The van der Waals surface area contributed by atoms with Gasteiger partial charge in [-0.25, -0.2) is 0 Å². The molecular formula is C22H21Cl2N5O3. The van der Waals surface area contributed by atoms with E-state index >= 15 is 0 Å². The van der Waals surface area contributed by atoms with Crippen LogP contribution in [0.2, 0.25) is 10.0 Å². The maximum absolute atomic E-state index is 13.6. The number of carbonyl (C=O) groups excluding carboxylic acids is 1. The molecule has 2 aromatic rings. The van der Waals surface area contributed by atoms with E-state index in [1.807, 2.05) is 6.08 Å². The minimum Gasteiger partial charge on any atom is -0.493 e. The number of allylic oxidation sites excluding steroid dienone is 2. The van der Waals surface area contributed by atoms with Crippen molar-refractivity contribution in [1.82, 2.24) is 15.6 Å². The number of H-pyrrole nitrogens is 1. The molecule has 1 aromatic heterocycles. The largest absolute Gasteiger partial charge is 0.493 e. The molecule has 1 amide bonds. The number of hydrogen-bond acceptors (Lipinski definition) is 6. The second kappa shape index (κ2) is 8.74. The Labute approximate surface area is 194 Å². The van der Waals surface area contributed by atoms with Crippen LogP contribution in [0.5, 0.6) is 0 Å². The molecule has 8 nitrogen and oxygen atoms in total. The minimum absolute atomic E-state index is 0.0232. The first-order valence-corrected chi connectivity index (χ1v) is 10.6. The van der Waals surface area contributed by atoms with Crippen molar-refractivity contribution in [1.29, 1.82) is 0 Å². The van der Waals surface area contributed by atoms with Crippen LogP contribution < -0.4 is 26.8 Å². The molecule has 6 N–H and O–H groups in total. The lowest BCUT2D eigenvalue weighted by atomic mass is 9.97. The zero-order valence-electron chi connectivity index (χ0n) is 17.0. The van der Waals surface area contributed by atoms with Gasteiger partial charge in [0.05, 0.1) is 29.0 Å². The molecule has 2 atom stereocenters. The molecule has 0 aliphatic carbocycles. The molecule has 0 bridgehead atoms. The van der Waals surface area contributed by atoms with Gasteiger partial charge >= 0.3 is 0 Å². The monoisotopic (exact) mass is 473 g/mol. The Morgan fingerprint density at radius 1 is 1.25 bits per heavy atom. The zero-order chi connectivity index (χ0) is 23.0. The Kier molecular flexibility index (Phi) is 6.01. The summed E-state index contributed by atoms with van der Waals surface area (Å²) in [7, 11) is 0. The van der Waals surface area contributed by atoms with E-state index < -0.39 is 17.6 Å². The number of anilines is 1. The number of nitrogens with zero attached hydrogens (tertiary/aromatic N) is 1. The fraction of sp³-hybridized carbons (Fsp3) is 0.182. The number of nitrogens with two attached hydrogens (primary N) is 1. The lowest BCUT2D eigenvalue weighted by Crippen LogP contribution is -2.33. The Bertz CT molecular complexity index is 1220. The van der Waals surface area contributed by atoms with Gasteiger partial charge in [-0.1, -0.05) is 41.4 Å². The molecule has 0 radical (unpaired) electrons. The summed E-state index contributed by atoms with van der Waals surface area (Å²) >= 11 is 12.1. The smallest absolute Gasteiger partial charge is 0.266 e. The van der Waals surface area contributed by atoms with Gasteiger partial charge in [0, 0.05) is 23.5 Å². The summed E-state index contributed by atoms with van der Waals surface area (Å²) in [4.78, 5) is 29.4. The number of dihydropyridines is 1. The van der Waals surface area contributed by atoms with Crippen molar-refractivity contribution in [3.05, 3.63) is 97.5 Å². The van der Waals surface area contributed by atoms with E-state index in [2.05, 4.69) is 15.6 Å². The van der Waals surface area contributed by atoms with Gasteiger partial charge in [-0.05, 0) is 36.8 Å². The number of benzene rings is 1. The minimum atomic E-state index is -0.717. The van der Waals surface area contributed by atoms with Gasteiger partial charge in [-0.3, -0.25) is 14.5 Å². The molecule has 10 heteroatoms. The lowest BCUT2D eigenvalue weighted by molar-refractivity contribution is -0.114. The summed E-state index contributed by atoms with van der Waals surface area (Å²) in [5.74, 6) is -0.372. The number of aromatic amines is 1. The first kappa shape index (κ1) is 22.0. The van der Waals surface area contributed by atoms with Gasteiger partial charge in [-0.15, -0.1) is 0 Å². The van der Waals surface area contributed by atoms with Crippen molar-refractivity contribution in [2.24, 2.45) is 5.73 Å². The number of rotatable bonds is 4. The van der Waals surface area contributed by atoms with Gasteiger partial charge in [0.15, 0.2) is 0 Å². The average molecular weight is 474 g/mol. The highest BCUT2D eigenvalue weighted by Gasteiger charge is 2.45. The number of amides is 1. The third-order valence-electron chi connectivity index (χ3n) is 5.39. The highest BCUT2D eigenvalue weighted by molar-refractivity contribution is 6.31. The summed E-state index contributed by atoms with van der Waals surface area (Å²) < 4.78 is 0. The Morgan fingerprint density at radius 2 is 1.97 bits per heavy atom.